The smallest absolute Gasteiger partial charge is 0.0686 e. The molecule has 2 atom stereocenters. The predicted octanol–water partition coefficient (Wildman–Crippen LogP) is 4.54. The van der Waals surface area contributed by atoms with Gasteiger partial charge in [-0.15, -0.1) is 0 Å². The van der Waals surface area contributed by atoms with Gasteiger partial charge in [0.25, 0.3) is 0 Å². The third-order valence-corrected chi connectivity index (χ3v) is 7.37. The normalized spacial score (nSPS) is 32.1. The topological polar surface area (TPSA) is 29.5 Å². The maximum absolute atomic E-state index is 10.6. The van der Waals surface area contributed by atoms with Crippen LogP contribution in [0.4, 0.5) is 0 Å². The summed E-state index contributed by atoms with van der Waals surface area (Å²) in [6.07, 6.45) is 15.5. The van der Waals surface area contributed by atoms with Crippen LogP contribution in [-0.4, -0.2) is 34.4 Å². The zero-order chi connectivity index (χ0) is 14.5. The third kappa shape index (κ3) is 4.39. The average Bonchev–Trinajstić information content (AvgIpc) is 2.54. The highest BCUT2D eigenvalue weighted by Crippen LogP contribution is 2.42. The van der Waals surface area contributed by atoms with Gasteiger partial charge in [0.1, 0.15) is 0 Å². The first-order valence-corrected chi connectivity index (χ1v) is 10.3. The monoisotopic (exact) mass is 312 g/mol. The van der Waals surface area contributed by atoms with E-state index < -0.39 is 0 Å². The minimum atomic E-state index is -0.111. The molecule has 2 nitrogen and oxygen atoms in total. The van der Waals surface area contributed by atoms with Crippen molar-refractivity contribution in [2.75, 3.05) is 12.4 Å². The molecule has 1 heterocycles. The summed E-state index contributed by atoms with van der Waals surface area (Å²) < 4.78 is 6.16. The van der Waals surface area contributed by atoms with Gasteiger partial charge < -0.3 is 9.84 Å². The summed E-state index contributed by atoms with van der Waals surface area (Å²) >= 11 is 2.04. The Morgan fingerprint density at radius 2 is 1.71 bits per heavy atom. The van der Waals surface area contributed by atoms with Crippen LogP contribution in [0, 0.1) is 5.92 Å². The molecule has 21 heavy (non-hydrogen) atoms. The van der Waals surface area contributed by atoms with Gasteiger partial charge in [-0.2, -0.15) is 11.8 Å². The Kier molecular flexibility index (Phi) is 5.92. The second-order valence-corrected chi connectivity index (χ2v) is 8.84. The highest BCUT2D eigenvalue weighted by molar-refractivity contribution is 7.99. The number of rotatable bonds is 4. The van der Waals surface area contributed by atoms with Crippen molar-refractivity contribution in [3.63, 3.8) is 0 Å². The van der Waals surface area contributed by atoms with Crippen LogP contribution in [0.15, 0.2) is 0 Å². The lowest BCUT2D eigenvalue weighted by Crippen LogP contribution is -2.44. The molecule has 2 saturated carbocycles. The van der Waals surface area contributed by atoms with Crippen LogP contribution in [0.25, 0.3) is 0 Å². The van der Waals surface area contributed by atoms with Crippen LogP contribution in [0.3, 0.4) is 0 Å². The molecule has 0 radical (unpaired) electrons. The van der Waals surface area contributed by atoms with Crippen molar-refractivity contribution in [1.82, 2.24) is 0 Å². The van der Waals surface area contributed by atoms with Gasteiger partial charge in [-0.25, -0.2) is 0 Å². The molecular weight excluding hydrogens is 280 g/mol. The molecule has 3 rings (SSSR count). The van der Waals surface area contributed by atoms with Crippen molar-refractivity contribution in [3.8, 4) is 0 Å². The molecular formula is C18H32O2S. The Hall–Kier alpha value is 0.270. The van der Waals surface area contributed by atoms with Crippen molar-refractivity contribution >= 4 is 11.8 Å². The predicted molar refractivity (Wildman–Crippen MR) is 89.8 cm³/mol. The first-order chi connectivity index (χ1) is 10.3. The number of aliphatic hydroxyl groups excluding tert-OH is 1. The van der Waals surface area contributed by atoms with E-state index in [4.69, 9.17) is 4.74 Å². The molecule has 1 saturated heterocycles. The van der Waals surface area contributed by atoms with E-state index in [0.29, 0.717) is 5.92 Å². The Morgan fingerprint density at radius 1 is 1.00 bits per heavy atom. The summed E-state index contributed by atoms with van der Waals surface area (Å²) in [6.45, 7) is 0.871. The molecule has 0 bridgehead atoms. The summed E-state index contributed by atoms with van der Waals surface area (Å²) in [4.78, 5) is 0. The molecule has 3 heteroatoms. The standard InChI is InChI=1S/C18H32O2S/c19-17(14-21-16-7-3-1-4-8-16)15-9-12-20-18(13-15)10-5-2-6-11-18/h15-17,19H,1-14H2. The zero-order valence-electron chi connectivity index (χ0n) is 13.4. The van der Waals surface area contributed by atoms with Crippen molar-refractivity contribution in [3.05, 3.63) is 0 Å². The Labute approximate surface area is 134 Å². The Morgan fingerprint density at radius 3 is 2.48 bits per heavy atom. The summed E-state index contributed by atoms with van der Waals surface area (Å²) in [5, 5.41) is 11.5. The second-order valence-electron chi connectivity index (χ2n) is 7.51. The fourth-order valence-corrected chi connectivity index (χ4v) is 5.95. The van der Waals surface area contributed by atoms with Crippen LogP contribution in [-0.2, 0) is 4.74 Å². The van der Waals surface area contributed by atoms with E-state index in [1.807, 2.05) is 11.8 Å². The quantitative estimate of drug-likeness (QED) is 0.826. The third-order valence-electron chi connectivity index (χ3n) is 5.89. The van der Waals surface area contributed by atoms with Crippen LogP contribution >= 0.6 is 11.8 Å². The van der Waals surface area contributed by atoms with Crippen molar-refractivity contribution in [1.29, 1.82) is 0 Å². The zero-order valence-corrected chi connectivity index (χ0v) is 14.2. The summed E-state index contributed by atoms with van der Waals surface area (Å²) in [5.41, 5.74) is 0.137. The van der Waals surface area contributed by atoms with Crippen molar-refractivity contribution in [2.24, 2.45) is 5.92 Å². The summed E-state index contributed by atoms with van der Waals surface area (Å²) in [5.74, 6) is 1.43. The molecule has 3 fully saturated rings. The molecule has 0 aromatic heterocycles. The van der Waals surface area contributed by atoms with Crippen molar-refractivity contribution in [2.45, 2.75) is 94.0 Å². The molecule has 0 amide bonds. The minimum Gasteiger partial charge on any atom is -0.392 e. The lowest BCUT2D eigenvalue weighted by molar-refractivity contribution is -0.131. The SMILES string of the molecule is OC(CSC1CCCCC1)C1CCOC2(CCCCC2)C1. The molecule has 0 aromatic carbocycles. The van der Waals surface area contributed by atoms with Gasteiger partial charge in [0.05, 0.1) is 11.7 Å². The molecule has 122 valence electrons. The van der Waals surface area contributed by atoms with Gasteiger partial charge in [-0.1, -0.05) is 38.5 Å². The molecule has 2 unspecified atom stereocenters. The first-order valence-electron chi connectivity index (χ1n) is 9.21. The molecule has 1 aliphatic heterocycles. The van der Waals surface area contributed by atoms with E-state index in [-0.39, 0.29) is 11.7 Å². The van der Waals surface area contributed by atoms with Crippen LogP contribution in [0.2, 0.25) is 0 Å². The first kappa shape index (κ1) is 16.1. The van der Waals surface area contributed by atoms with E-state index >= 15 is 0 Å². The van der Waals surface area contributed by atoms with E-state index in [0.717, 1.165) is 30.5 Å². The van der Waals surface area contributed by atoms with Gasteiger partial charge in [-0.3, -0.25) is 0 Å². The van der Waals surface area contributed by atoms with E-state index in [9.17, 15) is 5.11 Å². The van der Waals surface area contributed by atoms with Gasteiger partial charge in [0.2, 0.25) is 0 Å². The highest BCUT2D eigenvalue weighted by atomic mass is 32.2. The average molecular weight is 313 g/mol. The molecule has 2 aliphatic carbocycles. The largest absolute Gasteiger partial charge is 0.392 e. The maximum Gasteiger partial charge on any atom is 0.0686 e. The number of hydrogen-bond donors (Lipinski definition) is 1. The van der Waals surface area contributed by atoms with Gasteiger partial charge in [0.15, 0.2) is 0 Å². The fourth-order valence-electron chi connectivity index (χ4n) is 4.54. The van der Waals surface area contributed by atoms with Gasteiger partial charge >= 0.3 is 0 Å². The lowest BCUT2D eigenvalue weighted by atomic mass is 9.75. The minimum absolute atomic E-state index is 0.111. The maximum atomic E-state index is 10.6. The molecule has 1 N–H and O–H groups in total. The van der Waals surface area contributed by atoms with Crippen molar-refractivity contribution < 1.29 is 9.84 Å². The molecule has 3 aliphatic rings. The van der Waals surface area contributed by atoms with E-state index in [2.05, 4.69) is 0 Å². The van der Waals surface area contributed by atoms with Crippen LogP contribution in [0.5, 0.6) is 0 Å². The highest BCUT2D eigenvalue weighted by Gasteiger charge is 2.40. The summed E-state index contributed by atoms with van der Waals surface area (Å²) in [6, 6.07) is 0. The fraction of sp³-hybridized carbons (Fsp3) is 1.00. The second kappa shape index (κ2) is 7.70. The van der Waals surface area contributed by atoms with E-state index in [1.54, 1.807) is 0 Å². The Balaban J connectivity index is 1.46. The van der Waals surface area contributed by atoms with Crippen LogP contribution < -0.4 is 0 Å². The molecule has 0 aromatic rings. The Bertz CT molecular complexity index is 303. The van der Waals surface area contributed by atoms with E-state index in [1.165, 1.54) is 64.2 Å². The number of hydrogen-bond acceptors (Lipinski definition) is 3. The van der Waals surface area contributed by atoms with Gasteiger partial charge in [-0.05, 0) is 44.4 Å². The van der Waals surface area contributed by atoms with Gasteiger partial charge in [0, 0.05) is 17.6 Å². The number of thioether (sulfide) groups is 1. The molecule has 1 spiro atoms. The number of aliphatic hydroxyl groups is 1. The number of ether oxygens (including phenoxy) is 1. The lowest BCUT2D eigenvalue weighted by Gasteiger charge is -2.44. The van der Waals surface area contributed by atoms with Crippen LogP contribution in [0.1, 0.15) is 77.0 Å². The summed E-state index contributed by atoms with van der Waals surface area (Å²) in [7, 11) is 0.